The van der Waals surface area contributed by atoms with E-state index in [9.17, 15) is 0 Å². The lowest BCUT2D eigenvalue weighted by molar-refractivity contribution is 0.645. The fraction of sp³-hybridized carbons (Fsp3) is 0.455. The van der Waals surface area contributed by atoms with Crippen LogP contribution in [0, 0.1) is 0 Å². The maximum Gasteiger partial charge on any atom is 0.0715 e. The molecule has 0 nitrogen and oxygen atoms in total. The van der Waals surface area contributed by atoms with Gasteiger partial charge in [0.15, 0.2) is 0 Å². The summed E-state index contributed by atoms with van der Waals surface area (Å²) in [6.45, 7) is 4.49. The molecule has 0 bridgehead atoms. The highest BCUT2D eigenvalue weighted by molar-refractivity contribution is 6.33. The number of hydrogen-bond donors (Lipinski definition) is 0. The van der Waals surface area contributed by atoms with Crippen LogP contribution in [0.5, 0.6) is 0 Å². The van der Waals surface area contributed by atoms with Crippen molar-refractivity contribution in [1.82, 2.24) is 0 Å². The summed E-state index contributed by atoms with van der Waals surface area (Å²) in [5, 5.41) is 1.24. The molecule has 63 valence electrons. The van der Waals surface area contributed by atoms with Crippen molar-refractivity contribution >= 4 is 15.4 Å². The van der Waals surface area contributed by atoms with Crippen LogP contribution in [0.15, 0.2) is 24.3 Å². The van der Waals surface area contributed by atoms with Gasteiger partial charge < -0.3 is 0 Å². The van der Waals surface area contributed by atoms with Crippen LogP contribution in [0.25, 0.3) is 0 Å². The minimum Gasteiger partial charge on any atom is -0.0648 e. The molecule has 0 heterocycles. The van der Waals surface area contributed by atoms with Crippen LogP contribution in [0.1, 0.15) is 38.2 Å². The summed E-state index contributed by atoms with van der Waals surface area (Å²) >= 11 is 0. The smallest absolute Gasteiger partial charge is 0.0648 e. The average molecular weight is 175 g/mol. The van der Waals surface area contributed by atoms with E-state index in [2.05, 4.69) is 48.4 Å². The van der Waals surface area contributed by atoms with Crippen molar-refractivity contribution in [2.75, 3.05) is 0 Å². The van der Waals surface area contributed by atoms with Crippen molar-refractivity contribution in [1.29, 1.82) is 0 Å². The number of hydrogen-bond acceptors (Lipinski definition) is 0. The van der Waals surface area contributed by atoms with Crippen LogP contribution in [-0.2, 0) is 0 Å². The Morgan fingerprint density at radius 3 is 2.25 bits per heavy atom. The second kappa shape index (κ2) is 4.46. The molecule has 1 aromatic carbocycles. The Morgan fingerprint density at radius 1 is 1.17 bits per heavy atom. The molecule has 0 aromatic heterocycles. The van der Waals surface area contributed by atoms with Crippen LogP contribution in [0.3, 0.4) is 0 Å². The second-order valence-corrected chi connectivity index (χ2v) is 3.64. The fourth-order valence-electron chi connectivity index (χ4n) is 1.58. The summed E-state index contributed by atoms with van der Waals surface area (Å²) in [5.74, 6) is 0.707. The molecular formula is C11H15Si. The molecule has 0 spiro atoms. The van der Waals surface area contributed by atoms with E-state index in [4.69, 9.17) is 0 Å². The maximum absolute atomic E-state index is 3.63. The lowest BCUT2D eigenvalue weighted by atomic mass is 9.94. The van der Waals surface area contributed by atoms with Gasteiger partial charge in [0.2, 0.25) is 0 Å². The third-order valence-corrected chi connectivity index (χ3v) is 2.84. The van der Waals surface area contributed by atoms with Crippen LogP contribution in [0.4, 0.5) is 0 Å². The molecule has 0 amide bonds. The fourth-order valence-corrected chi connectivity index (χ4v) is 1.97. The first-order valence-corrected chi connectivity index (χ1v) is 5.10. The lowest BCUT2D eigenvalue weighted by Gasteiger charge is -2.14. The molecule has 0 saturated carbocycles. The summed E-state index contributed by atoms with van der Waals surface area (Å²) in [5.41, 5.74) is 1.44. The molecule has 1 heteroatoms. The van der Waals surface area contributed by atoms with Gasteiger partial charge >= 0.3 is 0 Å². The van der Waals surface area contributed by atoms with E-state index in [1.165, 1.54) is 23.6 Å². The maximum atomic E-state index is 3.63. The molecule has 1 aromatic rings. The van der Waals surface area contributed by atoms with Gasteiger partial charge in [0.1, 0.15) is 0 Å². The molecule has 0 aliphatic carbocycles. The highest BCUT2D eigenvalue weighted by atomic mass is 28.1. The third-order valence-electron chi connectivity index (χ3n) is 2.39. The zero-order valence-electron chi connectivity index (χ0n) is 7.80. The van der Waals surface area contributed by atoms with Crippen LogP contribution >= 0.6 is 0 Å². The van der Waals surface area contributed by atoms with E-state index < -0.39 is 0 Å². The minimum absolute atomic E-state index is 0.707. The van der Waals surface area contributed by atoms with Gasteiger partial charge in [0.25, 0.3) is 0 Å². The van der Waals surface area contributed by atoms with Gasteiger partial charge in [0, 0.05) is 0 Å². The van der Waals surface area contributed by atoms with E-state index in [1.54, 1.807) is 0 Å². The van der Waals surface area contributed by atoms with E-state index in [-0.39, 0.29) is 0 Å². The van der Waals surface area contributed by atoms with E-state index in [1.807, 2.05) is 0 Å². The summed E-state index contributed by atoms with van der Waals surface area (Å²) in [6.07, 6.45) is 2.44. The van der Waals surface area contributed by atoms with Gasteiger partial charge in [-0.3, -0.25) is 0 Å². The van der Waals surface area contributed by atoms with Crippen molar-refractivity contribution in [2.24, 2.45) is 0 Å². The van der Waals surface area contributed by atoms with E-state index in [0.29, 0.717) is 5.92 Å². The lowest BCUT2D eigenvalue weighted by Crippen LogP contribution is -2.13. The first-order valence-electron chi connectivity index (χ1n) is 4.60. The highest BCUT2D eigenvalue weighted by Crippen LogP contribution is 2.20. The monoisotopic (exact) mass is 175 g/mol. The summed E-state index contributed by atoms with van der Waals surface area (Å²) < 4.78 is 0. The van der Waals surface area contributed by atoms with Crippen molar-refractivity contribution in [3.63, 3.8) is 0 Å². The van der Waals surface area contributed by atoms with Gasteiger partial charge in [-0.05, 0) is 24.3 Å². The van der Waals surface area contributed by atoms with Crippen LogP contribution < -0.4 is 5.19 Å². The van der Waals surface area contributed by atoms with Crippen molar-refractivity contribution in [2.45, 2.75) is 32.6 Å². The molecular weight excluding hydrogens is 160 g/mol. The zero-order chi connectivity index (χ0) is 8.97. The first-order chi connectivity index (χ1) is 5.79. The predicted octanol–water partition coefficient (Wildman–Crippen LogP) is 2.38. The quantitative estimate of drug-likeness (QED) is 0.619. The summed E-state index contributed by atoms with van der Waals surface area (Å²) in [7, 11) is 3.63. The number of rotatable bonds is 3. The molecule has 0 saturated heterocycles. The molecule has 0 fully saturated rings. The molecule has 0 atom stereocenters. The van der Waals surface area contributed by atoms with Crippen molar-refractivity contribution < 1.29 is 0 Å². The van der Waals surface area contributed by atoms with Gasteiger partial charge in [-0.1, -0.05) is 43.3 Å². The predicted molar refractivity (Wildman–Crippen MR) is 55.2 cm³/mol. The molecule has 0 N–H and O–H groups in total. The van der Waals surface area contributed by atoms with Gasteiger partial charge in [-0.2, -0.15) is 0 Å². The van der Waals surface area contributed by atoms with Crippen LogP contribution in [-0.4, -0.2) is 10.2 Å². The van der Waals surface area contributed by atoms with Gasteiger partial charge in [-0.15, -0.1) is 0 Å². The molecule has 0 unspecified atom stereocenters. The van der Waals surface area contributed by atoms with Crippen molar-refractivity contribution in [3.8, 4) is 0 Å². The Morgan fingerprint density at radius 2 is 1.75 bits per heavy atom. The Balaban J connectivity index is 2.92. The van der Waals surface area contributed by atoms with Gasteiger partial charge in [-0.25, -0.2) is 0 Å². The standard InChI is InChI=1S/C11H15Si/c1-3-9(4-2)10-7-5-6-8-11(10)12/h5-9H,3-4H2,1-2H3. The topological polar surface area (TPSA) is 0 Å². The second-order valence-electron chi connectivity index (χ2n) is 3.10. The first kappa shape index (κ1) is 9.52. The van der Waals surface area contributed by atoms with Crippen molar-refractivity contribution in [3.05, 3.63) is 29.8 Å². The SMILES string of the molecule is CCC(CC)c1ccccc1[Si]. The Labute approximate surface area is 78.4 Å². The Kier molecular flexibility index (Phi) is 3.54. The Bertz CT molecular complexity index is 239. The Hall–Kier alpha value is -0.563. The molecule has 12 heavy (non-hydrogen) atoms. The normalized spacial score (nSPS) is 10.7. The summed E-state index contributed by atoms with van der Waals surface area (Å²) in [6, 6.07) is 8.50. The zero-order valence-corrected chi connectivity index (χ0v) is 8.80. The average Bonchev–Trinajstić information content (AvgIpc) is 2.10. The highest BCUT2D eigenvalue weighted by Gasteiger charge is 2.07. The molecule has 1 rings (SSSR count). The summed E-state index contributed by atoms with van der Waals surface area (Å²) in [4.78, 5) is 0. The molecule has 0 aliphatic heterocycles. The van der Waals surface area contributed by atoms with Gasteiger partial charge in [0.05, 0.1) is 10.2 Å². The van der Waals surface area contributed by atoms with E-state index in [0.717, 1.165) is 0 Å². The van der Waals surface area contributed by atoms with Crippen LogP contribution in [0.2, 0.25) is 0 Å². The molecule has 0 aliphatic rings. The number of benzene rings is 1. The third kappa shape index (κ3) is 1.98. The largest absolute Gasteiger partial charge is 0.0715 e. The van der Waals surface area contributed by atoms with E-state index >= 15 is 0 Å². The minimum atomic E-state index is 0.707. The molecule has 3 radical (unpaired) electrons.